The van der Waals surface area contributed by atoms with Crippen LogP contribution in [0.25, 0.3) is 0 Å². The van der Waals surface area contributed by atoms with E-state index in [2.05, 4.69) is 5.32 Å². The molecule has 5 nitrogen and oxygen atoms in total. The zero-order valence-electron chi connectivity index (χ0n) is 12.8. The molecule has 5 heteroatoms. The number of carbonyl (C=O) groups is 1. The Bertz CT molecular complexity index is 715. The summed E-state index contributed by atoms with van der Waals surface area (Å²) in [6, 6.07) is 13.2. The Morgan fingerprint density at radius 3 is 2.50 bits per heavy atom. The van der Waals surface area contributed by atoms with Crippen molar-refractivity contribution in [1.29, 1.82) is 0 Å². The maximum absolute atomic E-state index is 12.5. The van der Waals surface area contributed by atoms with Crippen molar-refractivity contribution in [1.82, 2.24) is 4.90 Å². The predicted molar refractivity (Wildman–Crippen MR) is 84.4 cm³/mol. The number of nitrogens with one attached hydrogen (secondary N) is 1. The molecule has 0 radical (unpaired) electrons. The third-order valence-electron chi connectivity index (χ3n) is 3.88. The maximum atomic E-state index is 12.5. The Balaban J connectivity index is 2.01. The lowest BCUT2D eigenvalue weighted by atomic mass is 10.0. The molecule has 2 aromatic carbocycles. The first kappa shape index (κ1) is 14.3. The molecule has 1 atom stereocenters. The number of carbonyl (C=O) groups excluding carboxylic acids is 1. The summed E-state index contributed by atoms with van der Waals surface area (Å²) in [6.07, 6.45) is -0.248. The number of hydrogen-bond donors (Lipinski definition) is 1. The van der Waals surface area contributed by atoms with E-state index < -0.39 is 0 Å². The molecule has 0 saturated carbocycles. The first-order valence-electron chi connectivity index (χ1n) is 7.00. The SMILES string of the molecule is COc1ccc(C2Nc3ccccc3C(=O)N2C)cc1OC. The zero-order chi connectivity index (χ0) is 15.7. The third-order valence-corrected chi connectivity index (χ3v) is 3.88. The molecule has 3 rings (SSSR count). The van der Waals surface area contributed by atoms with Crippen LogP contribution in [0.3, 0.4) is 0 Å². The van der Waals surface area contributed by atoms with E-state index >= 15 is 0 Å². The summed E-state index contributed by atoms with van der Waals surface area (Å²) in [7, 11) is 4.98. The highest BCUT2D eigenvalue weighted by Gasteiger charge is 2.30. The summed E-state index contributed by atoms with van der Waals surface area (Å²) in [5, 5.41) is 3.39. The normalized spacial score (nSPS) is 16.8. The second-order valence-electron chi connectivity index (χ2n) is 5.12. The van der Waals surface area contributed by atoms with Crippen molar-refractivity contribution in [3.05, 3.63) is 53.6 Å². The second-order valence-corrected chi connectivity index (χ2v) is 5.12. The van der Waals surface area contributed by atoms with Gasteiger partial charge in [0, 0.05) is 12.7 Å². The summed E-state index contributed by atoms with van der Waals surface area (Å²) < 4.78 is 10.6. The van der Waals surface area contributed by atoms with Crippen LogP contribution in [0.1, 0.15) is 22.1 Å². The fraction of sp³-hybridized carbons (Fsp3) is 0.235. The van der Waals surface area contributed by atoms with Gasteiger partial charge in [-0.05, 0) is 29.8 Å². The second kappa shape index (κ2) is 5.60. The van der Waals surface area contributed by atoms with Gasteiger partial charge < -0.3 is 19.7 Å². The molecule has 1 heterocycles. The number of benzene rings is 2. The molecule has 0 fully saturated rings. The van der Waals surface area contributed by atoms with Crippen molar-refractivity contribution in [2.24, 2.45) is 0 Å². The van der Waals surface area contributed by atoms with E-state index in [1.807, 2.05) is 42.5 Å². The van der Waals surface area contributed by atoms with Gasteiger partial charge in [0.15, 0.2) is 11.5 Å². The third kappa shape index (κ3) is 2.24. The van der Waals surface area contributed by atoms with Gasteiger partial charge in [-0.2, -0.15) is 0 Å². The molecule has 1 aliphatic heterocycles. The van der Waals surface area contributed by atoms with E-state index in [4.69, 9.17) is 9.47 Å². The fourth-order valence-electron chi connectivity index (χ4n) is 2.68. The van der Waals surface area contributed by atoms with Crippen LogP contribution in [0.2, 0.25) is 0 Å². The Kier molecular flexibility index (Phi) is 3.63. The highest BCUT2D eigenvalue weighted by molar-refractivity contribution is 6.01. The van der Waals surface area contributed by atoms with Crippen LogP contribution >= 0.6 is 0 Å². The van der Waals surface area contributed by atoms with Gasteiger partial charge in [0.05, 0.1) is 19.8 Å². The van der Waals surface area contributed by atoms with Crippen LogP contribution in [0.4, 0.5) is 5.69 Å². The Labute approximate surface area is 129 Å². The van der Waals surface area contributed by atoms with Gasteiger partial charge in [0.25, 0.3) is 5.91 Å². The van der Waals surface area contributed by atoms with Gasteiger partial charge in [-0.3, -0.25) is 4.79 Å². The molecule has 114 valence electrons. The Morgan fingerprint density at radius 2 is 1.77 bits per heavy atom. The average Bonchev–Trinajstić information content (AvgIpc) is 2.57. The van der Waals surface area contributed by atoms with E-state index in [0.29, 0.717) is 17.1 Å². The van der Waals surface area contributed by atoms with Crippen LogP contribution in [0.5, 0.6) is 11.5 Å². The highest BCUT2D eigenvalue weighted by atomic mass is 16.5. The van der Waals surface area contributed by atoms with Crippen LogP contribution in [-0.4, -0.2) is 32.1 Å². The number of nitrogens with zero attached hydrogens (tertiary/aromatic N) is 1. The maximum Gasteiger partial charge on any atom is 0.257 e. The smallest absolute Gasteiger partial charge is 0.257 e. The molecule has 2 aromatic rings. The number of para-hydroxylation sites is 1. The summed E-state index contributed by atoms with van der Waals surface area (Å²) in [6.45, 7) is 0. The summed E-state index contributed by atoms with van der Waals surface area (Å²) in [5.74, 6) is 1.30. The van der Waals surface area contributed by atoms with E-state index in [1.54, 1.807) is 26.2 Å². The van der Waals surface area contributed by atoms with E-state index in [9.17, 15) is 4.79 Å². The number of amides is 1. The van der Waals surface area contributed by atoms with Gasteiger partial charge in [-0.15, -0.1) is 0 Å². The van der Waals surface area contributed by atoms with E-state index in [-0.39, 0.29) is 12.1 Å². The largest absolute Gasteiger partial charge is 0.493 e. The van der Waals surface area contributed by atoms with Gasteiger partial charge >= 0.3 is 0 Å². The lowest BCUT2D eigenvalue weighted by Crippen LogP contribution is -2.40. The summed E-state index contributed by atoms with van der Waals surface area (Å²) >= 11 is 0. The molecule has 0 spiro atoms. The molecule has 0 aliphatic carbocycles. The fourth-order valence-corrected chi connectivity index (χ4v) is 2.68. The van der Waals surface area contributed by atoms with Crippen molar-refractivity contribution in [3.8, 4) is 11.5 Å². The number of rotatable bonds is 3. The van der Waals surface area contributed by atoms with E-state index in [1.165, 1.54) is 0 Å². The standard InChI is InChI=1S/C17H18N2O3/c1-19-16(11-8-9-14(21-2)15(10-11)22-3)18-13-7-5-4-6-12(13)17(19)20/h4-10,16,18H,1-3H3. The quantitative estimate of drug-likeness (QED) is 0.946. The molecule has 0 bridgehead atoms. The van der Waals surface area contributed by atoms with Crippen molar-refractivity contribution in [2.75, 3.05) is 26.6 Å². The highest BCUT2D eigenvalue weighted by Crippen LogP contribution is 2.35. The van der Waals surface area contributed by atoms with Crippen LogP contribution in [0, 0.1) is 0 Å². The van der Waals surface area contributed by atoms with Crippen LogP contribution in [-0.2, 0) is 0 Å². The number of ether oxygens (including phenoxy) is 2. The number of fused-ring (bicyclic) bond motifs is 1. The topological polar surface area (TPSA) is 50.8 Å². The molecule has 1 unspecified atom stereocenters. The number of methoxy groups -OCH3 is 2. The molecule has 22 heavy (non-hydrogen) atoms. The molecule has 0 aromatic heterocycles. The van der Waals surface area contributed by atoms with Crippen molar-refractivity contribution >= 4 is 11.6 Å². The molecular formula is C17H18N2O3. The minimum Gasteiger partial charge on any atom is -0.493 e. The first-order valence-corrected chi connectivity index (χ1v) is 7.00. The summed E-state index contributed by atoms with van der Waals surface area (Å²) in [4.78, 5) is 14.2. The number of anilines is 1. The minimum atomic E-state index is -0.248. The molecule has 1 aliphatic rings. The van der Waals surface area contributed by atoms with Gasteiger partial charge in [-0.25, -0.2) is 0 Å². The van der Waals surface area contributed by atoms with Gasteiger partial charge in [-0.1, -0.05) is 18.2 Å². The van der Waals surface area contributed by atoms with Crippen LogP contribution < -0.4 is 14.8 Å². The summed E-state index contributed by atoms with van der Waals surface area (Å²) in [5.41, 5.74) is 2.45. The molecule has 1 amide bonds. The van der Waals surface area contributed by atoms with Crippen LogP contribution in [0.15, 0.2) is 42.5 Å². The van der Waals surface area contributed by atoms with Crippen molar-refractivity contribution in [3.63, 3.8) is 0 Å². The lowest BCUT2D eigenvalue weighted by molar-refractivity contribution is 0.0735. The first-order chi connectivity index (χ1) is 10.7. The molecular weight excluding hydrogens is 280 g/mol. The van der Waals surface area contributed by atoms with Gasteiger partial charge in [0.2, 0.25) is 0 Å². The zero-order valence-corrected chi connectivity index (χ0v) is 12.8. The Morgan fingerprint density at radius 1 is 1.05 bits per heavy atom. The number of hydrogen-bond acceptors (Lipinski definition) is 4. The van der Waals surface area contributed by atoms with Gasteiger partial charge in [0.1, 0.15) is 6.17 Å². The predicted octanol–water partition coefficient (Wildman–Crippen LogP) is 2.90. The van der Waals surface area contributed by atoms with Crippen molar-refractivity contribution in [2.45, 2.75) is 6.17 Å². The molecule has 1 N–H and O–H groups in total. The lowest BCUT2D eigenvalue weighted by Gasteiger charge is -2.35. The average molecular weight is 298 g/mol. The monoisotopic (exact) mass is 298 g/mol. The van der Waals surface area contributed by atoms with Crippen molar-refractivity contribution < 1.29 is 14.3 Å². The minimum absolute atomic E-state index is 0.00543. The Hall–Kier alpha value is -2.69. The van der Waals surface area contributed by atoms with E-state index in [0.717, 1.165) is 11.3 Å². The molecule has 0 saturated heterocycles.